The minimum absolute atomic E-state index is 0.142. The molecule has 0 radical (unpaired) electrons. The molecule has 0 bridgehead atoms. The van der Waals surface area contributed by atoms with E-state index in [-0.39, 0.29) is 40.9 Å². The zero-order valence-corrected chi connectivity index (χ0v) is 16.7. The van der Waals surface area contributed by atoms with Gasteiger partial charge in [-0.1, -0.05) is 24.3 Å². The third-order valence-corrected chi connectivity index (χ3v) is 5.00. The molecule has 150 valence electrons. The molecule has 5 nitrogen and oxygen atoms in total. The van der Waals surface area contributed by atoms with Crippen molar-refractivity contribution < 1.29 is 23.4 Å². The molecule has 0 unspecified atom stereocenters. The molecule has 3 aromatic rings. The Morgan fingerprint density at radius 1 is 1.07 bits per heavy atom. The molecule has 0 spiro atoms. The van der Waals surface area contributed by atoms with Crippen LogP contribution in [0.3, 0.4) is 0 Å². The number of carbonyl (C=O) groups is 1. The summed E-state index contributed by atoms with van der Waals surface area (Å²) in [5, 5.41) is 9.04. The molecular formula is C21H16BrF2NO4. The number of rotatable bonds is 7. The average Bonchev–Trinajstić information content (AvgIpc) is 2.67. The second kappa shape index (κ2) is 9.00. The van der Waals surface area contributed by atoms with Crippen LogP contribution in [0.25, 0.3) is 0 Å². The van der Waals surface area contributed by atoms with Crippen molar-refractivity contribution in [2.75, 3.05) is 0 Å². The van der Waals surface area contributed by atoms with Crippen LogP contribution in [0.1, 0.15) is 16.7 Å². The minimum atomic E-state index is -0.956. The van der Waals surface area contributed by atoms with Crippen LogP contribution in [-0.2, 0) is 24.4 Å². The first kappa shape index (κ1) is 20.7. The van der Waals surface area contributed by atoms with E-state index in [0.29, 0.717) is 11.1 Å². The lowest BCUT2D eigenvalue weighted by Crippen LogP contribution is -2.22. The van der Waals surface area contributed by atoms with Crippen molar-refractivity contribution in [1.82, 2.24) is 4.57 Å². The second-order valence-electron chi connectivity index (χ2n) is 6.29. The second-order valence-corrected chi connectivity index (χ2v) is 7.08. The maximum absolute atomic E-state index is 13.7. The highest BCUT2D eigenvalue weighted by Gasteiger charge is 2.13. The van der Waals surface area contributed by atoms with Crippen molar-refractivity contribution in [2.24, 2.45) is 0 Å². The van der Waals surface area contributed by atoms with Crippen LogP contribution in [-0.4, -0.2) is 15.6 Å². The van der Waals surface area contributed by atoms with Crippen molar-refractivity contribution in [3.05, 3.63) is 97.9 Å². The molecule has 1 N–H and O–H groups in total. The van der Waals surface area contributed by atoms with Gasteiger partial charge in [0.2, 0.25) is 0 Å². The van der Waals surface area contributed by atoms with Gasteiger partial charge in [0.15, 0.2) is 0 Å². The Balaban J connectivity index is 1.80. The molecule has 2 aromatic carbocycles. The van der Waals surface area contributed by atoms with Crippen LogP contribution in [0.15, 0.2) is 64.0 Å². The van der Waals surface area contributed by atoms with Gasteiger partial charge in [-0.2, -0.15) is 0 Å². The molecule has 0 atom stereocenters. The maximum Gasteiger partial charge on any atom is 0.307 e. The van der Waals surface area contributed by atoms with Crippen LogP contribution in [0.4, 0.5) is 8.78 Å². The molecule has 0 aliphatic carbocycles. The highest BCUT2D eigenvalue weighted by atomic mass is 79.9. The summed E-state index contributed by atoms with van der Waals surface area (Å²) in [5.74, 6) is -2.15. The Morgan fingerprint density at radius 3 is 2.48 bits per heavy atom. The molecule has 1 heterocycles. The van der Waals surface area contributed by atoms with Gasteiger partial charge in [0.05, 0.1) is 13.0 Å². The highest BCUT2D eigenvalue weighted by molar-refractivity contribution is 9.10. The van der Waals surface area contributed by atoms with Gasteiger partial charge in [-0.05, 0) is 45.3 Å². The SMILES string of the molecule is O=C(O)Cc1ccccc1Cn1ccc(OCc2ccc(F)cc2F)c(Br)c1=O. The van der Waals surface area contributed by atoms with E-state index in [2.05, 4.69) is 15.9 Å². The summed E-state index contributed by atoms with van der Waals surface area (Å²) in [6.45, 7) is 0.0172. The molecule has 0 aliphatic rings. The number of carboxylic acid groups (broad SMARTS) is 1. The number of benzene rings is 2. The summed E-state index contributed by atoms with van der Waals surface area (Å²) in [5.41, 5.74) is 1.11. The van der Waals surface area contributed by atoms with Crippen LogP contribution >= 0.6 is 15.9 Å². The van der Waals surface area contributed by atoms with Crippen LogP contribution in [0, 0.1) is 11.6 Å². The van der Waals surface area contributed by atoms with Crippen LogP contribution in [0.5, 0.6) is 5.75 Å². The summed E-state index contributed by atoms with van der Waals surface area (Å²) in [4.78, 5) is 23.7. The van der Waals surface area contributed by atoms with Crippen LogP contribution in [0.2, 0.25) is 0 Å². The monoisotopic (exact) mass is 463 g/mol. The first-order valence-electron chi connectivity index (χ1n) is 8.59. The lowest BCUT2D eigenvalue weighted by Gasteiger charge is -2.13. The maximum atomic E-state index is 13.7. The average molecular weight is 464 g/mol. The van der Waals surface area contributed by atoms with Gasteiger partial charge in [0.25, 0.3) is 5.56 Å². The fourth-order valence-electron chi connectivity index (χ4n) is 2.79. The van der Waals surface area contributed by atoms with Gasteiger partial charge < -0.3 is 14.4 Å². The van der Waals surface area contributed by atoms with Gasteiger partial charge >= 0.3 is 5.97 Å². The fourth-order valence-corrected chi connectivity index (χ4v) is 3.27. The standard InChI is InChI=1S/C21H16BrF2NO4/c22-20-18(29-12-15-5-6-16(23)10-17(15)24)7-8-25(21(20)28)11-14-4-2-1-3-13(14)9-19(26)27/h1-8,10H,9,11-12H2,(H,26,27). The zero-order chi connectivity index (χ0) is 21.0. The van der Waals surface area contributed by atoms with Crippen molar-refractivity contribution in [3.8, 4) is 5.75 Å². The lowest BCUT2D eigenvalue weighted by molar-refractivity contribution is -0.136. The molecular weight excluding hydrogens is 448 g/mol. The van der Waals surface area contributed by atoms with Gasteiger partial charge in [-0.25, -0.2) is 8.78 Å². The van der Waals surface area contributed by atoms with E-state index in [1.165, 1.54) is 16.8 Å². The van der Waals surface area contributed by atoms with Crippen LogP contribution < -0.4 is 10.3 Å². The Morgan fingerprint density at radius 2 is 1.79 bits per heavy atom. The molecule has 0 fully saturated rings. The fraction of sp³-hybridized carbons (Fsp3) is 0.143. The number of hydrogen-bond donors (Lipinski definition) is 1. The number of aromatic nitrogens is 1. The molecule has 29 heavy (non-hydrogen) atoms. The predicted octanol–water partition coefficient (Wildman–Crippen LogP) is 4.14. The summed E-state index contributed by atoms with van der Waals surface area (Å²) in [7, 11) is 0. The highest BCUT2D eigenvalue weighted by Crippen LogP contribution is 2.23. The summed E-state index contributed by atoms with van der Waals surface area (Å²) >= 11 is 3.20. The van der Waals surface area contributed by atoms with E-state index in [1.54, 1.807) is 30.3 Å². The number of hydrogen-bond acceptors (Lipinski definition) is 3. The van der Waals surface area contributed by atoms with Crippen molar-refractivity contribution >= 4 is 21.9 Å². The molecule has 0 aliphatic heterocycles. The summed E-state index contributed by atoms with van der Waals surface area (Å²) < 4.78 is 33.8. The van der Waals surface area contributed by atoms with Gasteiger partial charge in [0, 0.05) is 17.8 Å². The van der Waals surface area contributed by atoms with E-state index in [0.717, 1.165) is 12.1 Å². The molecule has 8 heteroatoms. The lowest BCUT2D eigenvalue weighted by atomic mass is 10.0. The predicted molar refractivity (Wildman–Crippen MR) is 106 cm³/mol. The van der Waals surface area contributed by atoms with E-state index in [1.807, 2.05) is 0 Å². The first-order chi connectivity index (χ1) is 13.8. The zero-order valence-electron chi connectivity index (χ0n) is 15.1. The normalized spacial score (nSPS) is 10.7. The van der Waals surface area contributed by atoms with Crippen molar-refractivity contribution in [1.29, 1.82) is 0 Å². The molecule has 1 aromatic heterocycles. The number of halogens is 3. The first-order valence-corrected chi connectivity index (χ1v) is 9.38. The Kier molecular flexibility index (Phi) is 6.43. The van der Waals surface area contributed by atoms with E-state index in [4.69, 9.17) is 9.84 Å². The minimum Gasteiger partial charge on any atom is -0.487 e. The van der Waals surface area contributed by atoms with E-state index < -0.39 is 17.6 Å². The quantitative estimate of drug-likeness (QED) is 0.571. The van der Waals surface area contributed by atoms with E-state index in [9.17, 15) is 18.4 Å². The third kappa shape index (κ3) is 5.08. The third-order valence-electron chi connectivity index (χ3n) is 4.27. The van der Waals surface area contributed by atoms with Gasteiger partial charge in [-0.15, -0.1) is 0 Å². The Labute approximate surface area is 173 Å². The van der Waals surface area contributed by atoms with Gasteiger partial charge in [-0.3, -0.25) is 9.59 Å². The molecule has 3 rings (SSSR count). The number of carboxylic acids is 1. The van der Waals surface area contributed by atoms with Gasteiger partial charge in [0.1, 0.15) is 28.5 Å². The van der Waals surface area contributed by atoms with Crippen molar-refractivity contribution in [3.63, 3.8) is 0 Å². The smallest absolute Gasteiger partial charge is 0.307 e. The topological polar surface area (TPSA) is 68.5 Å². The molecule has 0 saturated heterocycles. The number of aliphatic carboxylic acids is 1. The largest absolute Gasteiger partial charge is 0.487 e. The Hall–Kier alpha value is -3.00. The number of ether oxygens (including phenoxy) is 1. The summed E-state index contributed by atoms with van der Waals surface area (Å²) in [6.07, 6.45) is 1.37. The van der Waals surface area contributed by atoms with Crippen molar-refractivity contribution in [2.45, 2.75) is 19.6 Å². The summed E-state index contributed by atoms with van der Waals surface area (Å²) in [6, 6.07) is 11.7. The molecule has 0 saturated carbocycles. The Bertz CT molecular complexity index is 1110. The number of pyridine rings is 1. The molecule has 0 amide bonds. The number of nitrogens with zero attached hydrogens (tertiary/aromatic N) is 1. The van der Waals surface area contributed by atoms with E-state index >= 15 is 0 Å².